The van der Waals surface area contributed by atoms with Gasteiger partial charge in [0.15, 0.2) is 0 Å². The van der Waals surface area contributed by atoms with Gasteiger partial charge in [0.05, 0.1) is 6.04 Å². The molecule has 0 aromatic rings. The highest BCUT2D eigenvalue weighted by molar-refractivity contribution is 5.04. The summed E-state index contributed by atoms with van der Waals surface area (Å²) in [6.07, 6.45) is 7.90. The summed E-state index contributed by atoms with van der Waals surface area (Å²) >= 11 is 0. The molecule has 0 aromatic heterocycles. The van der Waals surface area contributed by atoms with Crippen molar-refractivity contribution in [2.75, 3.05) is 13.1 Å². The molecule has 1 fully saturated rings. The molecule has 0 spiro atoms. The van der Waals surface area contributed by atoms with Crippen LogP contribution in [-0.2, 0) is 0 Å². The zero-order valence-corrected chi connectivity index (χ0v) is 10.5. The van der Waals surface area contributed by atoms with E-state index in [9.17, 15) is 0 Å². The van der Waals surface area contributed by atoms with Crippen LogP contribution in [0.4, 0.5) is 0 Å². The van der Waals surface area contributed by atoms with Crippen molar-refractivity contribution in [2.45, 2.75) is 58.2 Å². The maximum Gasteiger partial charge on any atom is 0.0715 e. The number of hydrogen-bond donors (Lipinski definition) is 1. The first-order valence-corrected chi connectivity index (χ1v) is 5.97. The molecule has 15 heavy (non-hydrogen) atoms. The third kappa shape index (κ3) is 3.22. The average Bonchev–Trinajstić information content (AvgIpc) is 2.18. The van der Waals surface area contributed by atoms with Gasteiger partial charge in [-0.05, 0) is 27.2 Å². The monoisotopic (exact) mass is 208 g/mol. The lowest BCUT2D eigenvalue weighted by atomic mass is 9.96. The molecule has 1 saturated heterocycles. The highest BCUT2D eigenvalue weighted by Gasteiger charge is 2.33. The molecule has 0 aliphatic carbocycles. The Kier molecular flexibility index (Phi) is 4.19. The van der Waals surface area contributed by atoms with E-state index in [1.165, 1.54) is 0 Å². The summed E-state index contributed by atoms with van der Waals surface area (Å²) in [6, 6.07) is 0.858. The van der Waals surface area contributed by atoms with Crippen LogP contribution in [0.15, 0.2) is 0 Å². The zero-order chi connectivity index (χ0) is 11.5. The van der Waals surface area contributed by atoms with Gasteiger partial charge in [-0.25, -0.2) is 0 Å². The summed E-state index contributed by atoms with van der Waals surface area (Å²) in [5.74, 6) is 2.94. The van der Waals surface area contributed by atoms with Crippen molar-refractivity contribution in [3.63, 3.8) is 0 Å². The molecule has 1 aliphatic heterocycles. The first-order valence-electron chi connectivity index (χ1n) is 5.97. The largest absolute Gasteiger partial charge is 0.309 e. The normalized spacial score (nSPS) is 28.3. The minimum atomic E-state index is 0.190. The summed E-state index contributed by atoms with van der Waals surface area (Å²) in [5.41, 5.74) is 0.190. The van der Waals surface area contributed by atoms with E-state index in [1.807, 2.05) is 0 Å². The van der Waals surface area contributed by atoms with E-state index >= 15 is 0 Å². The lowest BCUT2D eigenvalue weighted by Crippen LogP contribution is -2.62. The van der Waals surface area contributed by atoms with Crippen LogP contribution in [0.5, 0.6) is 0 Å². The van der Waals surface area contributed by atoms with Gasteiger partial charge in [0.25, 0.3) is 0 Å². The molecular formula is C13H24N2. The van der Waals surface area contributed by atoms with Gasteiger partial charge in [0.2, 0.25) is 0 Å². The van der Waals surface area contributed by atoms with E-state index in [2.05, 4.69) is 43.8 Å². The molecule has 0 radical (unpaired) electrons. The molecular weight excluding hydrogens is 184 g/mol. The van der Waals surface area contributed by atoms with E-state index < -0.39 is 0 Å². The quantitative estimate of drug-likeness (QED) is 0.712. The number of nitrogens with zero attached hydrogens (tertiary/aromatic N) is 1. The molecule has 0 aromatic carbocycles. The fourth-order valence-corrected chi connectivity index (χ4v) is 2.25. The third-order valence-corrected chi connectivity index (χ3v) is 3.17. The Balaban J connectivity index is 2.68. The molecule has 0 saturated carbocycles. The van der Waals surface area contributed by atoms with Gasteiger partial charge >= 0.3 is 0 Å². The molecule has 86 valence electrons. The third-order valence-electron chi connectivity index (χ3n) is 3.17. The van der Waals surface area contributed by atoms with E-state index in [0.717, 1.165) is 25.9 Å². The number of piperazine rings is 1. The molecule has 2 unspecified atom stereocenters. The Labute approximate surface area is 94.4 Å². The highest BCUT2D eigenvalue weighted by atomic mass is 15.3. The van der Waals surface area contributed by atoms with Crippen LogP contribution in [0, 0.1) is 12.3 Å². The Morgan fingerprint density at radius 2 is 2.27 bits per heavy atom. The standard InChI is InChI=1S/C13H24N2/c1-6-8-12(7-2)15-10-13(4,5)14-9-11(15)3/h2,11-12,14H,6,8-10H2,1,3-5H3. The highest BCUT2D eigenvalue weighted by Crippen LogP contribution is 2.19. The van der Waals surface area contributed by atoms with Gasteiger partial charge in [0.1, 0.15) is 0 Å². The number of terminal acetylenes is 1. The Hall–Kier alpha value is -0.520. The number of nitrogens with one attached hydrogen (secondary N) is 1. The van der Waals surface area contributed by atoms with Crippen LogP contribution in [0.3, 0.4) is 0 Å². The molecule has 2 nitrogen and oxygen atoms in total. The van der Waals surface area contributed by atoms with Gasteiger partial charge in [-0.2, -0.15) is 0 Å². The van der Waals surface area contributed by atoms with Crippen LogP contribution < -0.4 is 5.32 Å². The van der Waals surface area contributed by atoms with Crippen molar-refractivity contribution in [1.29, 1.82) is 0 Å². The van der Waals surface area contributed by atoms with Crippen LogP contribution in [0.2, 0.25) is 0 Å². The summed E-state index contributed by atoms with van der Waals surface area (Å²) in [6.45, 7) is 11.0. The van der Waals surface area contributed by atoms with Crippen molar-refractivity contribution in [3.05, 3.63) is 0 Å². The fraction of sp³-hybridized carbons (Fsp3) is 0.846. The lowest BCUT2D eigenvalue weighted by molar-refractivity contribution is 0.0797. The van der Waals surface area contributed by atoms with Crippen molar-refractivity contribution < 1.29 is 0 Å². The van der Waals surface area contributed by atoms with E-state index in [4.69, 9.17) is 6.42 Å². The second-order valence-electron chi connectivity index (χ2n) is 5.26. The summed E-state index contributed by atoms with van der Waals surface area (Å²) in [5, 5.41) is 3.55. The molecule has 0 amide bonds. The summed E-state index contributed by atoms with van der Waals surface area (Å²) in [4.78, 5) is 2.47. The predicted molar refractivity (Wildman–Crippen MR) is 65.8 cm³/mol. The second kappa shape index (κ2) is 5.01. The molecule has 1 heterocycles. The Morgan fingerprint density at radius 3 is 2.80 bits per heavy atom. The van der Waals surface area contributed by atoms with Crippen LogP contribution in [-0.4, -0.2) is 35.6 Å². The Morgan fingerprint density at radius 1 is 1.60 bits per heavy atom. The van der Waals surface area contributed by atoms with Crippen LogP contribution in [0.1, 0.15) is 40.5 Å². The molecule has 0 bridgehead atoms. The van der Waals surface area contributed by atoms with Crippen LogP contribution >= 0.6 is 0 Å². The second-order valence-corrected chi connectivity index (χ2v) is 5.26. The number of rotatable bonds is 3. The minimum Gasteiger partial charge on any atom is -0.309 e. The minimum absolute atomic E-state index is 0.190. The summed E-state index contributed by atoms with van der Waals surface area (Å²) < 4.78 is 0. The number of hydrogen-bond acceptors (Lipinski definition) is 2. The maximum atomic E-state index is 5.63. The van der Waals surface area contributed by atoms with Crippen molar-refractivity contribution in [2.24, 2.45) is 0 Å². The molecule has 1 aliphatic rings. The van der Waals surface area contributed by atoms with Gasteiger partial charge in [-0.15, -0.1) is 6.42 Å². The van der Waals surface area contributed by atoms with Gasteiger partial charge in [-0.1, -0.05) is 19.3 Å². The predicted octanol–water partition coefficient (Wildman–Crippen LogP) is 1.86. The molecule has 2 atom stereocenters. The fourth-order valence-electron chi connectivity index (χ4n) is 2.25. The molecule has 2 heteroatoms. The van der Waals surface area contributed by atoms with Gasteiger partial charge < -0.3 is 5.32 Å². The van der Waals surface area contributed by atoms with Gasteiger partial charge in [-0.3, -0.25) is 4.90 Å². The summed E-state index contributed by atoms with van der Waals surface area (Å²) in [7, 11) is 0. The molecule has 1 rings (SSSR count). The van der Waals surface area contributed by atoms with Crippen molar-refractivity contribution in [3.8, 4) is 12.3 Å². The topological polar surface area (TPSA) is 15.3 Å². The first kappa shape index (κ1) is 12.5. The maximum absolute atomic E-state index is 5.63. The van der Waals surface area contributed by atoms with E-state index in [1.54, 1.807) is 0 Å². The first-order chi connectivity index (χ1) is 7.00. The molecule has 1 N–H and O–H groups in total. The SMILES string of the molecule is C#CC(CCC)N1CC(C)(C)NCC1C. The Bertz CT molecular complexity index is 239. The van der Waals surface area contributed by atoms with Crippen molar-refractivity contribution in [1.82, 2.24) is 10.2 Å². The van der Waals surface area contributed by atoms with E-state index in [0.29, 0.717) is 12.1 Å². The smallest absolute Gasteiger partial charge is 0.0715 e. The lowest BCUT2D eigenvalue weighted by Gasteiger charge is -2.45. The zero-order valence-electron chi connectivity index (χ0n) is 10.5. The van der Waals surface area contributed by atoms with Crippen molar-refractivity contribution >= 4 is 0 Å². The van der Waals surface area contributed by atoms with Gasteiger partial charge in [0, 0.05) is 24.7 Å². The van der Waals surface area contributed by atoms with Crippen LogP contribution in [0.25, 0.3) is 0 Å². The van der Waals surface area contributed by atoms with E-state index in [-0.39, 0.29) is 5.54 Å². The average molecular weight is 208 g/mol.